The van der Waals surface area contributed by atoms with Gasteiger partial charge in [0.25, 0.3) is 11.8 Å². The number of hydrogen-bond acceptors (Lipinski definition) is 3. The zero-order chi connectivity index (χ0) is 13.0. The van der Waals surface area contributed by atoms with Gasteiger partial charge in [0.2, 0.25) is 0 Å². The van der Waals surface area contributed by atoms with Crippen molar-refractivity contribution in [1.29, 1.82) is 0 Å². The SMILES string of the molecule is O=C(NNC(=O)C1CCCN1)c1ccc(F)cc1. The first-order valence-electron chi connectivity index (χ1n) is 5.76. The molecule has 1 saturated heterocycles. The molecule has 0 saturated carbocycles. The van der Waals surface area contributed by atoms with Gasteiger partial charge in [0, 0.05) is 5.56 Å². The van der Waals surface area contributed by atoms with Gasteiger partial charge in [0.05, 0.1) is 6.04 Å². The zero-order valence-electron chi connectivity index (χ0n) is 9.70. The number of amides is 2. The van der Waals surface area contributed by atoms with Crippen LogP contribution in [0.25, 0.3) is 0 Å². The van der Waals surface area contributed by atoms with E-state index in [-0.39, 0.29) is 17.5 Å². The first-order valence-corrected chi connectivity index (χ1v) is 5.76. The van der Waals surface area contributed by atoms with E-state index in [2.05, 4.69) is 16.2 Å². The summed E-state index contributed by atoms with van der Waals surface area (Å²) in [6, 6.07) is 4.83. The van der Waals surface area contributed by atoms with Gasteiger partial charge in [-0.25, -0.2) is 4.39 Å². The summed E-state index contributed by atoms with van der Waals surface area (Å²) in [5, 5.41) is 3.01. The highest BCUT2D eigenvalue weighted by molar-refractivity contribution is 5.95. The summed E-state index contributed by atoms with van der Waals surface area (Å²) >= 11 is 0. The Morgan fingerprint density at radius 1 is 1.22 bits per heavy atom. The summed E-state index contributed by atoms with van der Waals surface area (Å²) in [7, 11) is 0. The van der Waals surface area contributed by atoms with Crippen molar-refractivity contribution in [2.24, 2.45) is 0 Å². The smallest absolute Gasteiger partial charge is 0.269 e. The first-order chi connectivity index (χ1) is 8.66. The summed E-state index contributed by atoms with van der Waals surface area (Å²) < 4.78 is 12.7. The molecule has 1 heterocycles. The number of rotatable bonds is 2. The molecule has 18 heavy (non-hydrogen) atoms. The lowest BCUT2D eigenvalue weighted by molar-refractivity contribution is -0.123. The summed E-state index contributed by atoms with van der Waals surface area (Å²) in [5.74, 6) is -1.14. The van der Waals surface area contributed by atoms with Crippen molar-refractivity contribution in [1.82, 2.24) is 16.2 Å². The highest BCUT2D eigenvalue weighted by atomic mass is 19.1. The van der Waals surface area contributed by atoms with E-state index in [1.165, 1.54) is 24.3 Å². The van der Waals surface area contributed by atoms with Crippen LogP contribution in [-0.4, -0.2) is 24.4 Å². The average Bonchev–Trinajstić information content (AvgIpc) is 2.90. The van der Waals surface area contributed by atoms with Gasteiger partial charge in [-0.15, -0.1) is 0 Å². The van der Waals surface area contributed by atoms with Crippen LogP contribution in [0, 0.1) is 5.82 Å². The monoisotopic (exact) mass is 251 g/mol. The molecule has 5 nitrogen and oxygen atoms in total. The minimum Gasteiger partial charge on any atom is -0.306 e. The molecular formula is C12H14FN3O2. The predicted molar refractivity (Wildman–Crippen MR) is 63.0 cm³/mol. The molecule has 2 amide bonds. The lowest BCUT2D eigenvalue weighted by atomic mass is 10.2. The van der Waals surface area contributed by atoms with Crippen LogP contribution in [0.15, 0.2) is 24.3 Å². The molecule has 6 heteroatoms. The van der Waals surface area contributed by atoms with Crippen LogP contribution >= 0.6 is 0 Å². The Bertz CT molecular complexity index is 441. The minimum absolute atomic E-state index is 0.251. The van der Waals surface area contributed by atoms with Crippen LogP contribution in [0.4, 0.5) is 4.39 Å². The molecule has 3 N–H and O–H groups in total. The fourth-order valence-corrected chi connectivity index (χ4v) is 1.79. The summed E-state index contributed by atoms with van der Waals surface area (Å²) in [6.45, 7) is 0.810. The molecule has 1 fully saturated rings. The Labute approximate surface area is 104 Å². The minimum atomic E-state index is -0.471. The van der Waals surface area contributed by atoms with E-state index >= 15 is 0 Å². The second-order valence-electron chi connectivity index (χ2n) is 4.10. The molecular weight excluding hydrogens is 237 g/mol. The van der Waals surface area contributed by atoms with Gasteiger partial charge in [-0.2, -0.15) is 0 Å². The van der Waals surface area contributed by atoms with Gasteiger partial charge in [-0.05, 0) is 43.7 Å². The van der Waals surface area contributed by atoms with Crippen LogP contribution < -0.4 is 16.2 Å². The largest absolute Gasteiger partial charge is 0.306 e. The normalized spacial score (nSPS) is 18.4. The molecule has 1 aromatic carbocycles. The molecule has 1 unspecified atom stereocenters. The van der Waals surface area contributed by atoms with Gasteiger partial charge in [0.1, 0.15) is 5.82 Å². The van der Waals surface area contributed by atoms with Crippen molar-refractivity contribution >= 4 is 11.8 Å². The zero-order valence-corrected chi connectivity index (χ0v) is 9.70. The van der Waals surface area contributed by atoms with Crippen LogP contribution in [-0.2, 0) is 4.79 Å². The predicted octanol–water partition coefficient (Wildman–Crippen LogP) is 0.339. The van der Waals surface area contributed by atoms with Crippen LogP contribution in [0.2, 0.25) is 0 Å². The van der Waals surface area contributed by atoms with Crippen molar-refractivity contribution in [2.75, 3.05) is 6.54 Å². The van der Waals surface area contributed by atoms with Crippen molar-refractivity contribution in [3.63, 3.8) is 0 Å². The molecule has 0 spiro atoms. The van der Waals surface area contributed by atoms with Crippen molar-refractivity contribution < 1.29 is 14.0 Å². The van der Waals surface area contributed by atoms with E-state index in [1.54, 1.807) is 0 Å². The molecule has 0 aliphatic carbocycles. The second kappa shape index (κ2) is 5.59. The molecule has 1 atom stereocenters. The maximum atomic E-state index is 12.7. The Morgan fingerprint density at radius 2 is 1.94 bits per heavy atom. The van der Waals surface area contributed by atoms with Crippen LogP contribution in [0.1, 0.15) is 23.2 Å². The number of carbonyl (C=O) groups excluding carboxylic acids is 2. The lowest BCUT2D eigenvalue weighted by Gasteiger charge is -2.11. The third-order valence-electron chi connectivity index (χ3n) is 2.78. The molecule has 1 aromatic rings. The molecule has 0 radical (unpaired) electrons. The van der Waals surface area contributed by atoms with Crippen molar-refractivity contribution in [3.8, 4) is 0 Å². The van der Waals surface area contributed by atoms with Crippen molar-refractivity contribution in [3.05, 3.63) is 35.6 Å². The quantitative estimate of drug-likeness (QED) is 0.664. The highest BCUT2D eigenvalue weighted by Crippen LogP contribution is 2.04. The van der Waals surface area contributed by atoms with E-state index < -0.39 is 11.7 Å². The Balaban J connectivity index is 1.84. The van der Waals surface area contributed by atoms with Crippen LogP contribution in [0.3, 0.4) is 0 Å². The van der Waals surface area contributed by atoms with E-state index in [0.717, 1.165) is 19.4 Å². The number of benzene rings is 1. The molecule has 1 aliphatic rings. The summed E-state index contributed by atoms with van der Waals surface area (Å²) in [6.07, 6.45) is 1.71. The standard InChI is InChI=1S/C12H14FN3O2/c13-9-5-3-8(4-6-9)11(17)15-16-12(18)10-2-1-7-14-10/h3-6,10,14H,1-2,7H2,(H,15,17)(H,16,18). The highest BCUT2D eigenvalue weighted by Gasteiger charge is 2.22. The Morgan fingerprint density at radius 3 is 2.56 bits per heavy atom. The maximum Gasteiger partial charge on any atom is 0.269 e. The third-order valence-corrected chi connectivity index (χ3v) is 2.78. The third kappa shape index (κ3) is 3.04. The Kier molecular flexibility index (Phi) is 3.88. The maximum absolute atomic E-state index is 12.7. The molecule has 2 rings (SSSR count). The molecule has 96 valence electrons. The number of nitrogens with one attached hydrogen (secondary N) is 3. The molecule has 0 aromatic heterocycles. The van der Waals surface area contributed by atoms with Crippen molar-refractivity contribution in [2.45, 2.75) is 18.9 Å². The van der Waals surface area contributed by atoms with Gasteiger partial charge in [-0.3, -0.25) is 20.4 Å². The Hall–Kier alpha value is -1.95. The average molecular weight is 251 g/mol. The van der Waals surface area contributed by atoms with E-state index in [9.17, 15) is 14.0 Å². The van der Waals surface area contributed by atoms with E-state index in [1.807, 2.05) is 0 Å². The topological polar surface area (TPSA) is 70.2 Å². The van der Waals surface area contributed by atoms with E-state index in [0.29, 0.717) is 0 Å². The first kappa shape index (κ1) is 12.5. The second-order valence-corrected chi connectivity index (χ2v) is 4.10. The summed E-state index contributed by atoms with van der Waals surface area (Å²) in [4.78, 5) is 23.2. The summed E-state index contributed by atoms with van der Waals surface area (Å²) in [5.41, 5.74) is 4.92. The van der Waals surface area contributed by atoms with Gasteiger partial charge >= 0.3 is 0 Å². The molecule has 1 aliphatic heterocycles. The number of hydrogen-bond donors (Lipinski definition) is 3. The fourth-order valence-electron chi connectivity index (χ4n) is 1.79. The number of carbonyl (C=O) groups is 2. The van der Waals surface area contributed by atoms with Gasteiger partial charge in [0.15, 0.2) is 0 Å². The van der Waals surface area contributed by atoms with E-state index in [4.69, 9.17) is 0 Å². The number of halogens is 1. The molecule has 0 bridgehead atoms. The number of hydrazine groups is 1. The van der Waals surface area contributed by atoms with Gasteiger partial charge < -0.3 is 5.32 Å². The fraction of sp³-hybridized carbons (Fsp3) is 0.333. The lowest BCUT2D eigenvalue weighted by Crippen LogP contribution is -2.49. The van der Waals surface area contributed by atoms with Gasteiger partial charge in [-0.1, -0.05) is 0 Å². The van der Waals surface area contributed by atoms with Crippen LogP contribution in [0.5, 0.6) is 0 Å².